The Morgan fingerprint density at radius 2 is 2.11 bits per heavy atom. The number of alkyl halides is 1. The molecule has 0 saturated carbocycles. The average Bonchev–Trinajstić information content (AvgIpc) is 2.90. The maximum absolute atomic E-state index is 6.09. The molecule has 0 bridgehead atoms. The summed E-state index contributed by atoms with van der Waals surface area (Å²) in [6.07, 6.45) is 6.41. The molecule has 0 aromatic heterocycles. The Labute approximate surface area is 115 Å². The molecule has 100 valence electrons. The zero-order chi connectivity index (χ0) is 12.8. The molecular formula is C16H23ClO. The minimum absolute atomic E-state index is 0.494. The van der Waals surface area contributed by atoms with Crippen LogP contribution in [0.25, 0.3) is 0 Å². The van der Waals surface area contributed by atoms with Gasteiger partial charge >= 0.3 is 0 Å². The van der Waals surface area contributed by atoms with Crippen LogP contribution in [0.4, 0.5) is 0 Å². The molecule has 0 aliphatic carbocycles. The quantitative estimate of drug-likeness (QED) is 0.696. The second kappa shape index (κ2) is 7.16. The molecule has 2 atom stereocenters. The molecule has 1 aliphatic heterocycles. The van der Waals surface area contributed by atoms with E-state index in [2.05, 4.69) is 31.2 Å². The van der Waals surface area contributed by atoms with Gasteiger partial charge in [-0.2, -0.15) is 0 Å². The second-order valence-corrected chi connectivity index (χ2v) is 5.73. The standard InChI is InChI=1S/C16H23ClO/c1-13-4-6-14(7-5-13)11-15(12-17)8-9-16-3-2-10-18-16/h4-7,15-16H,2-3,8-12H2,1H3. The van der Waals surface area contributed by atoms with E-state index < -0.39 is 0 Å². The van der Waals surface area contributed by atoms with E-state index in [1.807, 2.05) is 0 Å². The first kappa shape index (κ1) is 13.9. The van der Waals surface area contributed by atoms with E-state index in [9.17, 15) is 0 Å². The van der Waals surface area contributed by atoms with Gasteiger partial charge in [0.05, 0.1) is 6.10 Å². The third-order valence-electron chi connectivity index (χ3n) is 3.78. The normalized spacial score (nSPS) is 21.1. The number of benzene rings is 1. The SMILES string of the molecule is Cc1ccc(CC(CCl)CCC2CCCO2)cc1. The van der Waals surface area contributed by atoms with Gasteiger partial charge in [0.25, 0.3) is 0 Å². The Morgan fingerprint density at radius 3 is 2.72 bits per heavy atom. The maximum atomic E-state index is 6.09. The number of hydrogen-bond donors (Lipinski definition) is 0. The average molecular weight is 267 g/mol. The minimum Gasteiger partial charge on any atom is -0.378 e. The van der Waals surface area contributed by atoms with Crippen molar-refractivity contribution >= 4 is 11.6 Å². The third kappa shape index (κ3) is 4.29. The Morgan fingerprint density at radius 1 is 1.33 bits per heavy atom. The van der Waals surface area contributed by atoms with Crippen molar-refractivity contribution < 1.29 is 4.74 Å². The van der Waals surface area contributed by atoms with Crippen LogP contribution in [-0.4, -0.2) is 18.6 Å². The Balaban J connectivity index is 1.79. The summed E-state index contributed by atoms with van der Waals surface area (Å²) in [7, 11) is 0. The highest BCUT2D eigenvalue weighted by atomic mass is 35.5. The molecule has 2 rings (SSSR count). The molecule has 0 amide bonds. The van der Waals surface area contributed by atoms with Crippen molar-refractivity contribution in [2.75, 3.05) is 12.5 Å². The van der Waals surface area contributed by atoms with Gasteiger partial charge in [0.1, 0.15) is 0 Å². The van der Waals surface area contributed by atoms with Gasteiger partial charge in [-0.05, 0) is 50.5 Å². The van der Waals surface area contributed by atoms with Crippen molar-refractivity contribution in [2.45, 2.75) is 45.1 Å². The summed E-state index contributed by atoms with van der Waals surface area (Å²) in [6, 6.07) is 8.81. The van der Waals surface area contributed by atoms with E-state index in [4.69, 9.17) is 16.3 Å². The molecule has 2 unspecified atom stereocenters. The maximum Gasteiger partial charge on any atom is 0.0576 e. The van der Waals surface area contributed by atoms with E-state index in [1.54, 1.807) is 0 Å². The van der Waals surface area contributed by atoms with E-state index >= 15 is 0 Å². The van der Waals surface area contributed by atoms with Gasteiger partial charge < -0.3 is 4.74 Å². The molecule has 2 heteroatoms. The molecule has 1 fully saturated rings. The van der Waals surface area contributed by atoms with Gasteiger partial charge in [0, 0.05) is 12.5 Å². The van der Waals surface area contributed by atoms with Crippen LogP contribution < -0.4 is 0 Å². The van der Waals surface area contributed by atoms with Gasteiger partial charge in [-0.15, -0.1) is 11.6 Å². The van der Waals surface area contributed by atoms with E-state index in [1.165, 1.54) is 36.8 Å². The van der Waals surface area contributed by atoms with Crippen molar-refractivity contribution in [3.63, 3.8) is 0 Å². The molecule has 0 spiro atoms. The molecule has 0 radical (unpaired) electrons. The van der Waals surface area contributed by atoms with Gasteiger partial charge in [-0.3, -0.25) is 0 Å². The predicted molar refractivity (Wildman–Crippen MR) is 77.3 cm³/mol. The van der Waals surface area contributed by atoms with E-state index in [0.29, 0.717) is 12.0 Å². The summed E-state index contributed by atoms with van der Waals surface area (Å²) in [5.41, 5.74) is 2.72. The number of halogens is 1. The molecule has 1 aromatic carbocycles. The van der Waals surface area contributed by atoms with E-state index in [-0.39, 0.29) is 0 Å². The summed E-state index contributed by atoms with van der Waals surface area (Å²) >= 11 is 6.09. The van der Waals surface area contributed by atoms with Crippen molar-refractivity contribution in [3.05, 3.63) is 35.4 Å². The molecule has 1 nitrogen and oxygen atoms in total. The Hall–Kier alpha value is -0.530. The van der Waals surface area contributed by atoms with Gasteiger partial charge in [-0.25, -0.2) is 0 Å². The monoisotopic (exact) mass is 266 g/mol. The fraction of sp³-hybridized carbons (Fsp3) is 0.625. The van der Waals surface area contributed by atoms with Crippen molar-refractivity contribution in [1.29, 1.82) is 0 Å². The molecule has 1 aromatic rings. The summed E-state index contributed by atoms with van der Waals surface area (Å²) in [5.74, 6) is 1.33. The van der Waals surface area contributed by atoms with Crippen molar-refractivity contribution in [2.24, 2.45) is 5.92 Å². The third-order valence-corrected chi connectivity index (χ3v) is 4.22. The Bertz CT molecular complexity index is 341. The zero-order valence-corrected chi connectivity index (χ0v) is 12.0. The summed E-state index contributed by atoms with van der Waals surface area (Å²) in [6.45, 7) is 3.08. The topological polar surface area (TPSA) is 9.23 Å². The van der Waals surface area contributed by atoms with Crippen LogP contribution in [0, 0.1) is 12.8 Å². The van der Waals surface area contributed by atoms with Crippen LogP contribution in [0.1, 0.15) is 36.8 Å². The largest absolute Gasteiger partial charge is 0.378 e. The summed E-state index contributed by atoms with van der Waals surface area (Å²) in [5, 5.41) is 0. The highest BCUT2D eigenvalue weighted by Gasteiger charge is 2.17. The van der Waals surface area contributed by atoms with Crippen LogP contribution in [0.15, 0.2) is 24.3 Å². The van der Waals surface area contributed by atoms with E-state index in [0.717, 1.165) is 18.9 Å². The van der Waals surface area contributed by atoms with Crippen LogP contribution in [0.3, 0.4) is 0 Å². The minimum atomic E-state index is 0.494. The van der Waals surface area contributed by atoms with Crippen LogP contribution in [-0.2, 0) is 11.2 Å². The summed E-state index contributed by atoms with van der Waals surface area (Å²) in [4.78, 5) is 0. The fourth-order valence-corrected chi connectivity index (χ4v) is 2.85. The summed E-state index contributed by atoms with van der Waals surface area (Å²) < 4.78 is 5.67. The smallest absolute Gasteiger partial charge is 0.0576 e. The molecular weight excluding hydrogens is 244 g/mol. The molecule has 1 heterocycles. The first-order valence-electron chi connectivity index (χ1n) is 7.01. The van der Waals surface area contributed by atoms with Crippen LogP contribution in [0.5, 0.6) is 0 Å². The van der Waals surface area contributed by atoms with Crippen LogP contribution in [0.2, 0.25) is 0 Å². The molecule has 18 heavy (non-hydrogen) atoms. The van der Waals surface area contributed by atoms with Crippen molar-refractivity contribution in [1.82, 2.24) is 0 Å². The zero-order valence-electron chi connectivity index (χ0n) is 11.2. The number of aryl methyl sites for hydroxylation is 1. The van der Waals surface area contributed by atoms with Crippen molar-refractivity contribution in [3.8, 4) is 0 Å². The lowest BCUT2D eigenvalue weighted by molar-refractivity contribution is 0.0988. The van der Waals surface area contributed by atoms with Gasteiger partial charge in [-0.1, -0.05) is 29.8 Å². The second-order valence-electron chi connectivity index (χ2n) is 5.42. The molecule has 0 N–H and O–H groups in total. The van der Waals surface area contributed by atoms with Gasteiger partial charge in [0.15, 0.2) is 0 Å². The number of ether oxygens (including phenoxy) is 1. The van der Waals surface area contributed by atoms with Crippen LogP contribution >= 0.6 is 11.6 Å². The molecule has 1 saturated heterocycles. The lowest BCUT2D eigenvalue weighted by Crippen LogP contribution is -2.12. The first-order valence-corrected chi connectivity index (χ1v) is 7.54. The lowest BCUT2D eigenvalue weighted by atomic mass is 9.94. The number of hydrogen-bond acceptors (Lipinski definition) is 1. The molecule has 1 aliphatic rings. The first-order chi connectivity index (χ1) is 8.78. The predicted octanol–water partition coefficient (Wildman–Crippen LogP) is 4.35. The fourth-order valence-electron chi connectivity index (χ4n) is 2.58. The highest BCUT2D eigenvalue weighted by molar-refractivity contribution is 6.18. The number of rotatable bonds is 6. The highest BCUT2D eigenvalue weighted by Crippen LogP contribution is 2.22. The Kier molecular flexibility index (Phi) is 5.52. The van der Waals surface area contributed by atoms with Gasteiger partial charge in [0.2, 0.25) is 0 Å². The lowest BCUT2D eigenvalue weighted by Gasteiger charge is -2.16.